The Morgan fingerprint density at radius 2 is 2.11 bits per heavy atom. The van der Waals surface area contributed by atoms with Crippen LogP contribution in [0.15, 0.2) is 42.5 Å². The maximum Gasteiger partial charge on any atom is 0.260 e. The molecule has 0 bridgehead atoms. The molecule has 11 heteroatoms. The molecule has 2 aromatic rings. The molecule has 2 heterocycles. The van der Waals surface area contributed by atoms with Crippen molar-refractivity contribution >= 4 is 27.5 Å². The molecule has 2 unspecified atom stereocenters. The Hall–Kier alpha value is -2.86. The number of carbonyl (C=O) groups is 1. The maximum absolute atomic E-state index is 13.2. The van der Waals surface area contributed by atoms with Crippen molar-refractivity contribution in [2.24, 2.45) is 0 Å². The molecule has 10 nitrogen and oxygen atoms in total. The molecule has 35 heavy (non-hydrogen) atoms. The normalized spacial score (nSPS) is 20.3. The number of β-amino-alcohol motifs (C(OH)–C–C–N with tert-alkyl or cyclic N) is 1. The number of anilines is 2. The van der Waals surface area contributed by atoms with Crippen LogP contribution in [0.5, 0.6) is 5.75 Å². The standard InChI is InChI=1S/C24H33N5O5S/c1-28(21(17-6-3-2-4-7-17)15-29-13-11-18(30)14-29)23(31)16-34-22-10-9-20(27-35(25,32)33)24-19(22)8-5-12-26-24/h2-4,6-7,9-10,18,21,26,30H,5,8,11-16H2,1H3,(H3,25,27,32,33)/t18-,21?/m0/s1. The largest absolute Gasteiger partial charge is 0.483 e. The molecule has 1 fully saturated rings. The van der Waals surface area contributed by atoms with Crippen LogP contribution in [-0.2, 0) is 21.4 Å². The highest BCUT2D eigenvalue weighted by Crippen LogP contribution is 2.37. The zero-order valence-corrected chi connectivity index (χ0v) is 20.6. The van der Waals surface area contributed by atoms with Crippen molar-refractivity contribution in [1.82, 2.24) is 9.80 Å². The van der Waals surface area contributed by atoms with Gasteiger partial charge in [-0.05, 0) is 37.0 Å². The number of benzene rings is 2. The predicted molar refractivity (Wildman–Crippen MR) is 135 cm³/mol. The summed E-state index contributed by atoms with van der Waals surface area (Å²) in [5.41, 5.74) is 2.81. The number of likely N-dealkylation sites (tertiary alicyclic amines) is 1. The fraction of sp³-hybridized carbons (Fsp3) is 0.458. The van der Waals surface area contributed by atoms with E-state index in [0.29, 0.717) is 43.2 Å². The minimum Gasteiger partial charge on any atom is -0.483 e. The van der Waals surface area contributed by atoms with Gasteiger partial charge in [-0.3, -0.25) is 19.0 Å². The Morgan fingerprint density at radius 3 is 2.80 bits per heavy atom. The van der Waals surface area contributed by atoms with Gasteiger partial charge in [0.05, 0.1) is 23.5 Å². The van der Waals surface area contributed by atoms with Gasteiger partial charge in [0, 0.05) is 38.8 Å². The van der Waals surface area contributed by atoms with Crippen LogP contribution in [-0.4, -0.2) is 75.5 Å². The second kappa shape index (κ2) is 10.8. The molecule has 2 aliphatic rings. The number of fused-ring (bicyclic) bond motifs is 1. The first-order valence-corrected chi connectivity index (χ1v) is 13.3. The summed E-state index contributed by atoms with van der Waals surface area (Å²) in [6.07, 6.45) is 1.94. The number of ether oxygens (including phenoxy) is 1. The van der Waals surface area contributed by atoms with E-state index in [9.17, 15) is 18.7 Å². The number of aliphatic hydroxyl groups excluding tert-OH is 1. The van der Waals surface area contributed by atoms with Crippen LogP contribution < -0.4 is 14.8 Å². The smallest absolute Gasteiger partial charge is 0.260 e. The summed E-state index contributed by atoms with van der Waals surface area (Å²) in [4.78, 5) is 17.1. The molecule has 0 radical (unpaired) electrons. The molecule has 4 rings (SSSR count). The third-order valence-corrected chi connectivity index (χ3v) is 7.00. The van der Waals surface area contributed by atoms with Crippen LogP contribution >= 0.6 is 0 Å². The van der Waals surface area contributed by atoms with Crippen LogP contribution in [0.1, 0.15) is 30.0 Å². The third-order valence-electron chi connectivity index (χ3n) is 6.50. The third kappa shape index (κ3) is 6.43. The van der Waals surface area contributed by atoms with Gasteiger partial charge in [-0.25, -0.2) is 4.78 Å². The molecule has 1 saturated heterocycles. The van der Waals surface area contributed by atoms with E-state index in [1.54, 1.807) is 24.1 Å². The van der Waals surface area contributed by atoms with Gasteiger partial charge in [0.25, 0.3) is 5.91 Å². The van der Waals surface area contributed by atoms with Gasteiger partial charge in [-0.15, -0.1) is 0 Å². The Bertz CT molecular complexity index is 1140. The first kappa shape index (κ1) is 25.2. The van der Waals surface area contributed by atoms with Crippen LogP contribution in [0.4, 0.5) is 11.4 Å². The number of nitrogens with one attached hydrogen (secondary N) is 3. The first-order valence-electron chi connectivity index (χ1n) is 11.7. The van der Waals surface area contributed by atoms with Crippen LogP contribution in [0.2, 0.25) is 0 Å². The molecule has 0 spiro atoms. The average molecular weight is 504 g/mol. The van der Waals surface area contributed by atoms with Crippen molar-refractivity contribution in [3.05, 3.63) is 53.6 Å². The lowest BCUT2D eigenvalue weighted by Crippen LogP contribution is -2.41. The number of nitrogens with zero attached hydrogens (tertiary/aromatic N) is 2. The first-order chi connectivity index (χ1) is 16.7. The van der Waals surface area contributed by atoms with Gasteiger partial charge in [0.15, 0.2) is 6.61 Å². The molecule has 0 aromatic heterocycles. The Morgan fingerprint density at radius 1 is 1.34 bits per heavy atom. The Labute approximate surface area is 206 Å². The summed E-state index contributed by atoms with van der Waals surface area (Å²) in [6.45, 7) is 2.55. The Balaban J connectivity index is 1.48. The lowest BCUT2D eigenvalue weighted by atomic mass is 10.0. The molecule has 0 aliphatic carbocycles. The van der Waals surface area contributed by atoms with Crippen molar-refractivity contribution in [2.75, 3.05) is 49.9 Å². The summed E-state index contributed by atoms with van der Waals surface area (Å²) in [6, 6.07) is 12.9. The van der Waals surface area contributed by atoms with Gasteiger partial charge in [0.2, 0.25) is 10.2 Å². The minimum atomic E-state index is -3.92. The van der Waals surface area contributed by atoms with Crippen molar-refractivity contribution in [3.63, 3.8) is 0 Å². The van der Waals surface area contributed by atoms with Crippen molar-refractivity contribution in [3.8, 4) is 5.75 Å². The second-order valence-corrected chi connectivity index (χ2v) is 10.3. The second-order valence-electron chi connectivity index (χ2n) is 9.04. The van der Waals surface area contributed by atoms with Gasteiger partial charge in [0.1, 0.15) is 5.75 Å². The van der Waals surface area contributed by atoms with E-state index in [-0.39, 0.29) is 24.7 Å². The fourth-order valence-corrected chi connectivity index (χ4v) is 5.16. The summed E-state index contributed by atoms with van der Waals surface area (Å²) in [5.74, 6) is 0.357. The highest BCUT2D eigenvalue weighted by molar-refractivity contribution is 7.88. The summed E-state index contributed by atoms with van der Waals surface area (Å²) in [5, 5.41) is 13.1. The molecule has 190 valence electrons. The Kier molecular flexibility index (Phi) is 7.80. The number of hydrogen-bond donors (Lipinski definition) is 5. The molecule has 2 aromatic carbocycles. The molecule has 2 aliphatic heterocycles. The lowest BCUT2D eigenvalue weighted by Gasteiger charge is -2.32. The SMILES string of the molecule is CN(C(=O)COc1ccc(NS(=N)(=O)O)c2c1CCCN2)C(CN1CC[C@H](O)C1)c1ccccc1. The van der Waals surface area contributed by atoms with Crippen LogP contribution in [0.3, 0.4) is 0 Å². The van der Waals surface area contributed by atoms with Crippen molar-refractivity contribution in [1.29, 1.82) is 4.78 Å². The monoisotopic (exact) mass is 503 g/mol. The molecule has 3 atom stereocenters. The van der Waals surface area contributed by atoms with Crippen molar-refractivity contribution in [2.45, 2.75) is 31.4 Å². The molecule has 5 N–H and O–H groups in total. The molecular weight excluding hydrogens is 470 g/mol. The van der Waals surface area contributed by atoms with Gasteiger partial charge in [-0.2, -0.15) is 4.21 Å². The fourth-order valence-electron chi connectivity index (χ4n) is 4.69. The number of likely N-dealkylation sites (N-methyl/N-ethyl adjacent to an activating group) is 1. The van der Waals surface area contributed by atoms with Gasteiger partial charge in [-0.1, -0.05) is 30.3 Å². The van der Waals surface area contributed by atoms with Crippen molar-refractivity contribution < 1.29 is 23.4 Å². The number of amides is 1. The lowest BCUT2D eigenvalue weighted by molar-refractivity contribution is -0.134. The summed E-state index contributed by atoms with van der Waals surface area (Å²) >= 11 is 0. The summed E-state index contributed by atoms with van der Waals surface area (Å²) in [7, 11) is -2.15. The van der Waals surface area contributed by atoms with E-state index in [0.717, 1.165) is 30.5 Å². The van der Waals surface area contributed by atoms with Gasteiger partial charge >= 0.3 is 0 Å². The highest BCUT2D eigenvalue weighted by Gasteiger charge is 2.28. The van der Waals surface area contributed by atoms with E-state index < -0.39 is 10.2 Å². The van der Waals surface area contributed by atoms with E-state index in [1.165, 1.54) is 0 Å². The minimum absolute atomic E-state index is 0.156. The van der Waals surface area contributed by atoms with E-state index in [4.69, 9.17) is 9.52 Å². The number of carbonyl (C=O) groups excluding carboxylic acids is 1. The number of hydrogen-bond acceptors (Lipinski definition) is 7. The van der Waals surface area contributed by atoms with E-state index in [2.05, 4.69) is 14.9 Å². The number of rotatable bonds is 9. The molecular formula is C24H33N5O5S. The molecule has 0 saturated carbocycles. The zero-order chi connectivity index (χ0) is 25.0. The summed E-state index contributed by atoms with van der Waals surface area (Å²) < 4.78 is 36.5. The maximum atomic E-state index is 13.2. The quantitative estimate of drug-likeness (QED) is 0.354. The topological polar surface area (TPSA) is 138 Å². The van der Waals surface area contributed by atoms with Gasteiger partial charge < -0.3 is 20.1 Å². The highest BCUT2D eigenvalue weighted by atomic mass is 32.2. The van der Waals surface area contributed by atoms with E-state index in [1.807, 2.05) is 30.3 Å². The average Bonchev–Trinajstić information content (AvgIpc) is 3.25. The predicted octanol–water partition coefficient (Wildman–Crippen LogP) is 2.54. The van der Waals surface area contributed by atoms with Crippen LogP contribution in [0.25, 0.3) is 0 Å². The van der Waals surface area contributed by atoms with Crippen LogP contribution in [0, 0.1) is 4.78 Å². The van der Waals surface area contributed by atoms with E-state index >= 15 is 0 Å². The zero-order valence-electron chi connectivity index (χ0n) is 19.8. The number of aliphatic hydroxyl groups is 1. The molecule has 1 amide bonds.